The molecule has 5 rings (SSSR count). The van der Waals surface area contributed by atoms with E-state index in [1.165, 1.54) is 6.07 Å². The van der Waals surface area contributed by atoms with E-state index >= 15 is 0 Å². The van der Waals surface area contributed by atoms with Crippen LogP contribution in [0.25, 0.3) is 21.8 Å². The molecule has 2 heterocycles. The molecule has 3 aromatic carbocycles. The number of hydrogen-bond acceptors (Lipinski definition) is 4. The van der Waals surface area contributed by atoms with Crippen LogP contribution in [0.1, 0.15) is 29.8 Å². The summed E-state index contributed by atoms with van der Waals surface area (Å²) in [4.78, 5) is 28.9. The lowest BCUT2D eigenvalue weighted by atomic mass is 9.93. The maximum Gasteiger partial charge on any atom is 0.255 e. The molecule has 162 valence electrons. The molecular formula is C25H21FN2O4. The van der Waals surface area contributed by atoms with Gasteiger partial charge in [-0.05, 0) is 55.8 Å². The molecule has 1 aliphatic heterocycles. The number of carbonyl (C=O) groups excluding carboxylic acids is 1. The van der Waals surface area contributed by atoms with Gasteiger partial charge in [0.15, 0.2) is 16.9 Å². The molecule has 1 aliphatic rings. The lowest BCUT2D eigenvalue weighted by molar-refractivity contribution is 0.0907. The summed E-state index contributed by atoms with van der Waals surface area (Å²) in [6.45, 7) is 4.60. The van der Waals surface area contributed by atoms with E-state index in [1.807, 2.05) is 26.0 Å². The van der Waals surface area contributed by atoms with E-state index in [1.54, 1.807) is 30.3 Å². The second-order valence-electron chi connectivity index (χ2n) is 8.31. The SMILES string of the molecule is CC(C)(NC(=O)c1cc2[nH]c3ccccc3c(=O)c2cc1F)c1ccc2c(c1)OCCO2. The topological polar surface area (TPSA) is 80.4 Å². The molecule has 2 N–H and O–H groups in total. The monoisotopic (exact) mass is 432 g/mol. The molecule has 0 unspecified atom stereocenters. The maximum absolute atomic E-state index is 14.9. The van der Waals surface area contributed by atoms with Crippen LogP contribution in [0.15, 0.2) is 59.4 Å². The van der Waals surface area contributed by atoms with Crippen LogP contribution in [0.5, 0.6) is 11.5 Å². The van der Waals surface area contributed by atoms with Gasteiger partial charge >= 0.3 is 0 Å². The number of nitrogens with one attached hydrogen (secondary N) is 2. The summed E-state index contributed by atoms with van der Waals surface area (Å²) < 4.78 is 26.1. The number of halogens is 1. The molecule has 4 aromatic rings. The number of carbonyl (C=O) groups is 1. The minimum Gasteiger partial charge on any atom is -0.486 e. The molecule has 0 atom stereocenters. The van der Waals surface area contributed by atoms with E-state index in [0.29, 0.717) is 41.1 Å². The number of fused-ring (bicyclic) bond motifs is 3. The number of amides is 1. The van der Waals surface area contributed by atoms with E-state index in [-0.39, 0.29) is 16.4 Å². The van der Waals surface area contributed by atoms with Gasteiger partial charge in [0.1, 0.15) is 19.0 Å². The van der Waals surface area contributed by atoms with Crippen molar-refractivity contribution in [1.29, 1.82) is 0 Å². The summed E-state index contributed by atoms with van der Waals surface area (Å²) in [5, 5.41) is 3.55. The van der Waals surface area contributed by atoms with Crippen molar-refractivity contribution in [1.82, 2.24) is 10.3 Å². The van der Waals surface area contributed by atoms with Gasteiger partial charge in [0.25, 0.3) is 5.91 Å². The Labute approximate surface area is 183 Å². The fourth-order valence-electron chi connectivity index (χ4n) is 3.97. The number of rotatable bonds is 3. The number of H-pyrrole nitrogens is 1. The van der Waals surface area contributed by atoms with Crippen LogP contribution in [0.3, 0.4) is 0 Å². The van der Waals surface area contributed by atoms with E-state index < -0.39 is 17.3 Å². The fraction of sp³-hybridized carbons (Fsp3) is 0.200. The first-order chi connectivity index (χ1) is 15.3. The van der Waals surface area contributed by atoms with Crippen molar-refractivity contribution in [3.63, 3.8) is 0 Å². The highest BCUT2D eigenvalue weighted by Crippen LogP contribution is 2.34. The quantitative estimate of drug-likeness (QED) is 0.474. The Balaban J connectivity index is 1.51. The van der Waals surface area contributed by atoms with Gasteiger partial charge in [0.2, 0.25) is 0 Å². The second kappa shape index (κ2) is 7.37. The van der Waals surface area contributed by atoms with Gasteiger partial charge < -0.3 is 19.8 Å². The van der Waals surface area contributed by atoms with Crippen LogP contribution in [0.4, 0.5) is 4.39 Å². The highest BCUT2D eigenvalue weighted by molar-refractivity contribution is 6.00. The molecule has 0 saturated heterocycles. The van der Waals surface area contributed by atoms with Crippen LogP contribution in [-0.2, 0) is 5.54 Å². The lowest BCUT2D eigenvalue weighted by Gasteiger charge is -2.29. The number of aromatic nitrogens is 1. The van der Waals surface area contributed by atoms with Crippen molar-refractivity contribution in [2.24, 2.45) is 0 Å². The molecule has 6 nitrogen and oxygen atoms in total. The predicted octanol–water partition coefficient (Wildman–Crippen LogP) is 4.26. The molecule has 7 heteroatoms. The molecule has 0 radical (unpaired) electrons. The zero-order valence-electron chi connectivity index (χ0n) is 17.6. The highest BCUT2D eigenvalue weighted by atomic mass is 19.1. The first-order valence-electron chi connectivity index (χ1n) is 10.3. The molecule has 0 spiro atoms. The third kappa shape index (κ3) is 3.36. The molecular weight excluding hydrogens is 411 g/mol. The number of pyridine rings is 1. The van der Waals surface area contributed by atoms with Crippen molar-refractivity contribution in [3.8, 4) is 11.5 Å². The normalized spacial score (nSPS) is 13.3. The van der Waals surface area contributed by atoms with Gasteiger partial charge in [-0.3, -0.25) is 9.59 Å². The van der Waals surface area contributed by atoms with Crippen LogP contribution in [0.2, 0.25) is 0 Å². The number of benzene rings is 3. The minimum atomic E-state index is -0.814. The summed E-state index contributed by atoms with van der Waals surface area (Å²) in [7, 11) is 0. The first kappa shape index (κ1) is 20.1. The van der Waals surface area contributed by atoms with Crippen LogP contribution in [0, 0.1) is 5.82 Å². The van der Waals surface area contributed by atoms with Gasteiger partial charge in [0.05, 0.1) is 16.6 Å². The zero-order valence-corrected chi connectivity index (χ0v) is 17.6. The molecule has 0 bridgehead atoms. The summed E-state index contributed by atoms with van der Waals surface area (Å²) in [6, 6.07) is 15.0. The fourth-order valence-corrected chi connectivity index (χ4v) is 3.97. The molecule has 32 heavy (non-hydrogen) atoms. The molecule has 1 amide bonds. The number of para-hydroxylation sites is 1. The Hall–Kier alpha value is -3.87. The maximum atomic E-state index is 14.9. The summed E-state index contributed by atoms with van der Waals surface area (Å²) in [5.74, 6) is -0.0802. The smallest absolute Gasteiger partial charge is 0.255 e. The standard InChI is InChI=1S/C25H21FN2O4/c1-25(2,14-7-8-21-22(11-14)32-10-9-31-21)28-24(30)16-13-20-17(12-18(16)26)23(29)15-5-3-4-6-19(15)27-20/h3-8,11-13H,9-10H2,1-2H3,(H,27,29)(H,28,30). The number of aromatic amines is 1. The van der Waals surface area contributed by atoms with Gasteiger partial charge in [0, 0.05) is 16.3 Å². The third-order valence-corrected chi connectivity index (χ3v) is 5.73. The Bertz CT molecular complexity index is 1440. The Kier molecular flexibility index (Phi) is 4.62. The first-order valence-corrected chi connectivity index (χ1v) is 10.3. The minimum absolute atomic E-state index is 0.144. The van der Waals surface area contributed by atoms with Crippen molar-refractivity contribution >= 4 is 27.7 Å². The van der Waals surface area contributed by atoms with Crippen molar-refractivity contribution in [2.45, 2.75) is 19.4 Å². The largest absolute Gasteiger partial charge is 0.486 e. The zero-order chi connectivity index (χ0) is 22.5. The van der Waals surface area contributed by atoms with E-state index in [0.717, 1.165) is 11.6 Å². The molecule has 0 aliphatic carbocycles. The summed E-state index contributed by atoms with van der Waals surface area (Å²) >= 11 is 0. The van der Waals surface area contributed by atoms with Crippen LogP contribution < -0.4 is 20.2 Å². The van der Waals surface area contributed by atoms with Crippen LogP contribution >= 0.6 is 0 Å². The average molecular weight is 432 g/mol. The molecule has 1 aromatic heterocycles. The Morgan fingerprint density at radius 3 is 2.53 bits per heavy atom. The average Bonchev–Trinajstić information content (AvgIpc) is 2.79. The van der Waals surface area contributed by atoms with E-state index in [4.69, 9.17) is 9.47 Å². The van der Waals surface area contributed by atoms with E-state index in [2.05, 4.69) is 10.3 Å². The molecule has 0 saturated carbocycles. The van der Waals surface area contributed by atoms with Crippen molar-refractivity contribution in [3.05, 3.63) is 81.8 Å². The van der Waals surface area contributed by atoms with Gasteiger partial charge in [-0.15, -0.1) is 0 Å². The number of ether oxygens (including phenoxy) is 2. The Morgan fingerprint density at radius 2 is 1.72 bits per heavy atom. The predicted molar refractivity (Wildman–Crippen MR) is 120 cm³/mol. The van der Waals surface area contributed by atoms with Gasteiger partial charge in [-0.1, -0.05) is 18.2 Å². The van der Waals surface area contributed by atoms with Crippen molar-refractivity contribution < 1.29 is 18.7 Å². The van der Waals surface area contributed by atoms with E-state index in [9.17, 15) is 14.0 Å². The molecule has 0 fully saturated rings. The lowest BCUT2D eigenvalue weighted by Crippen LogP contribution is -2.41. The highest BCUT2D eigenvalue weighted by Gasteiger charge is 2.27. The Morgan fingerprint density at radius 1 is 0.969 bits per heavy atom. The summed E-state index contributed by atoms with van der Waals surface area (Å²) in [5.41, 5.74) is 0.573. The third-order valence-electron chi connectivity index (χ3n) is 5.73. The van der Waals surface area contributed by atoms with Crippen molar-refractivity contribution in [2.75, 3.05) is 13.2 Å². The second-order valence-corrected chi connectivity index (χ2v) is 8.31. The van der Waals surface area contributed by atoms with Gasteiger partial charge in [-0.2, -0.15) is 0 Å². The van der Waals surface area contributed by atoms with Gasteiger partial charge in [-0.25, -0.2) is 4.39 Å². The number of hydrogen-bond donors (Lipinski definition) is 2. The van der Waals surface area contributed by atoms with Crippen LogP contribution in [-0.4, -0.2) is 24.1 Å². The summed E-state index contributed by atoms with van der Waals surface area (Å²) in [6.07, 6.45) is 0.